The third-order valence-electron chi connectivity index (χ3n) is 1.64. The lowest BCUT2D eigenvalue weighted by Gasteiger charge is -1.98. The molecule has 0 aliphatic heterocycles. The van der Waals surface area contributed by atoms with Gasteiger partial charge in [0.15, 0.2) is 5.69 Å². The second-order valence-electron chi connectivity index (χ2n) is 2.49. The van der Waals surface area contributed by atoms with Crippen LogP contribution < -0.4 is 5.73 Å². The summed E-state index contributed by atoms with van der Waals surface area (Å²) in [6.07, 6.45) is 1.26. The average molecular weight is 193 g/mol. The quantitative estimate of drug-likeness (QED) is 0.335. The molecule has 0 amide bonds. The molecule has 0 saturated heterocycles. The standard InChI is InChI=1S/C8H7N3O3/c9-4-6-1-2-8(11(13)14)7(3-6)10-5-12/h1-3H,4,9H2. The Kier molecular flexibility index (Phi) is 3.06. The molecule has 1 aromatic rings. The maximum Gasteiger partial charge on any atom is 0.295 e. The van der Waals surface area contributed by atoms with E-state index in [9.17, 15) is 14.9 Å². The van der Waals surface area contributed by atoms with Gasteiger partial charge in [-0.15, -0.1) is 0 Å². The van der Waals surface area contributed by atoms with E-state index in [-0.39, 0.29) is 17.9 Å². The van der Waals surface area contributed by atoms with Crippen molar-refractivity contribution >= 4 is 17.5 Å². The Morgan fingerprint density at radius 2 is 2.29 bits per heavy atom. The largest absolute Gasteiger partial charge is 0.326 e. The molecule has 14 heavy (non-hydrogen) atoms. The highest BCUT2D eigenvalue weighted by molar-refractivity contribution is 5.62. The Labute approximate surface area is 79.2 Å². The lowest BCUT2D eigenvalue weighted by molar-refractivity contribution is -0.384. The molecule has 0 saturated carbocycles. The van der Waals surface area contributed by atoms with Crippen LogP contribution in [0.1, 0.15) is 5.56 Å². The van der Waals surface area contributed by atoms with Crippen molar-refractivity contribution in [3.05, 3.63) is 33.9 Å². The van der Waals surface area contributed by atoms with E-state index >= 15 is 0 Å². The first-order chi connectivity index (χ1) is 6.69. The Hall–Kier alpha value is -2.04. The smallest absolute Gasteiger partial charge is 0.295 e. The third-order valence-corrected chi connectivity index (χ3v) is 1.64. The summed E-state index contributed by atoms with van der Waals surface area (Å²) in [5, 5.41) is 10.5. The molecule has 6 heteroatoms. The number of rotatable bonds is 3. The van der Waals surface area contributed by atoms with Gasteiger partial charge in [-0.2, -0.15) is 4.99 Å². The van der Waals surface area contributed by atoms with Crippen LogP contribution in [0.15, 0.2) is 23.2 Å². The molecule has 0 fully saturated rings. The van der Waals surface area contributed by atoms with Crippen molar-refractivity contribution in [2.24, 2.45) is 10.7 Å². The Balaban J connectivity index is 3.30. The molecule has 0 unspecified atom stereocenters. The van der Waals surface area contributed by atoms with Gasteiger partial charge in [-0.25, -0.2) is 4.79 Å². The van der Waals surface area contributed by atoms with Gasteiger partial charge < -0.3 is 5.73 Å². The molecule has 1 rings (SSSR count). The van der Waals surface area contributed by atoms with Crippen LogP contribution in [0.2, 0.25) is 0 Å². The second-order valence-corrected chi connectivity index (χ2v) is 2.49. The predicted octanol–water partition coefficient (Wildman–Crippen LogP) is 1.02. The molecule has 1 aromatic carbocycles. The van der Waals surface area contributed by atoms with Gasteiger partial charge in [-0.05, 0) is 11.6 Å². The van der Waals surface area contributed by atoms with Crippen molar-refractivity contribution in [1.29, 1.82) is 0 Å². The first kappa shape index (κ1) is 10.0. The van der Waals surface area contributed by atoms with Crippen molar-refractivity contribution in [3.63, 3.8) is 0 Å². The van der Waals surface area contributed by atoms with E-state index in [0.29, 0.717) is 5.56 Å². The van der Waals surface area contributed by atoms with Crippen LogP contribution in [-0.2, 0) is 11.3 Å². The number of benzene rings is 1. The molecular weight excluding hydrogens is 186 g/mol. The van der Waals surface area contributed by atoms with E-state index in [1.165, 1.54) is 24.3 Å². The van der Waals surface area contributed by atoms with E-state index in [4.69, 9.17) is 5.73 Å². The van der Waals surface area contributed by atoms with Crippen molar-refractivity contribution in [1.82, 2.24) is 0 Å². The molecule has 0 aliphatic rings. The van der Waals surface area contributed by atoms with Crippen LogP contribution in [0.3, 0.4) is 0 Å². The molecule has 6 nitrogen and oxygen atoms in total. The molecule has 0 spiro atoms. The fourth-order valence-electron chi connectivity index (χ4n) is 0.989. The molecular formula is C8H7N3O3. The first-order valence-corrected chi connectivity index (χ1v) is 3.74. The van der Waals surface area contributed by atoms with Crippen molar-refractivity contribution < 1.29 is 9.72 Å². The summed E-state index contributed by atoms with van der Waals surface area (Å²) in [5.41, 5.74) is 5.75. The highest BCUT2D eigenvalue weighted by Gasteiger charge is 2.12. The summed E-state index contributed by atoms with van der Waals surface area (Å²) < 4.78 is 0. The van der Waals surface area contributed by atoms with Crippen molar-refractivity contribution in [3.8, 4) is 0 Å². The van der Waals surface area contributed by atoms with Crippen LogP contribution in [0, 0.1) is 10.1 Å². The van der Waals surface area contributed by atoms with E-state index in [1.54, 1.807) is 0 Å². The fraction of sp³-hybridized carbons (Fsp3) is 0.125. The summed E-state index contributed by atoms with van der Waals surface area (Å²) in [6, 6.07) is 4.17. The topological polar surface area (TPSA) is 98.6 Å². The molecule has 2 N–H and O–H groups in total. The third kappa shape index (κ3) is 2.01. The van der Waals surface area contributed by atoms with Gasteiger partial charge in [0.05, 0.1) is 4.92 Å². The maximum atomic E-state index is 10.5. The monoisotopic (exact) mass is 193 g/mol. The normalized spacial score (nSPS) is 9.21. The summed E-state index contributed by atoms with van der Waals surface area (Å²) in [7, 11) is 0. The summed E-state index contributed by atoms with van der Waals surface area (Å²) >= 11 is 0. The zero-order valence-corrected chi connectivity index (χ0v) is 7.14. The number of nitrogens with two attached hydrogens (primary N) is 1. The Morgan fingerprint density at radius 3 is 2.79 bits per heavy atom. The van der Waals surface area contributed by atoms with Gasteiger partial charge in [0, 0.05) is 12.6 Å². The number of hydrogen-bond acceptors (Lipinski definition) is 5. The predicted molar refractivity (Wildman–Crippen MR) is 48.8 cm³/mol. The van der Waals surface area contributed by atoms with Crippen molar-refractivity contribution in [2.75, 3.05) is 0 Å². The minimum atomic E-state index is -0.615. The van der Waals surface area contributed by atoms with Crippen LogP contribution in [-0.4, -0.2) is 11.0 Å². The number of isocyanates is 1. The van der Waals surface area contributed by atoms with Crippen LogP contribution >= 0.6 is 0 Å². The maximum absolute atomic E-state index is 10.5. The fourth-order valence-corrected chi connectivity index (χ4v) is 0.989. The molecule has 0 aromatic heterocycles. The highest BCUT2D eigenvalue weighted by Crippen LogP contribution is 2.27. The van der Waals surface area contributed by atoms with E-state index in [2.05, 4.69) is 4.99 Å². The van der Waals surface area contributed by atoms with E-state index in [1.807, 2.05) is 0 Å². The van der Waals surface area contributed by atoms with E-state index < -0.39 is 4.92 Å². The van der Waals surface area contributed by atoms with Gasteiger partial charge in [0.25, 0.3) is 5.69 Å². The Bertz CT molecular complexity index is 410. The van der Waals surface area contributed by atoms with E-state index in [0.717, 1.165) is 0 Å². The van der Waals surface area contributed by atoms with Gasteiger partial charge in [-0.1, -0.05) is 6.07 Å². The highest BCUT2D eigenvalue weighted by atomic mass is 16.6. The van der Waals surface area contributed by atoms with Crippen LogP contribution in [0.4, 0.5) is 11.4 Å². The summed E-state index contributed by atoms with van der Waals surface area (Å²) in [6.45, 7) is 0.235. The lowest BCUT2D eigenvalue weighted by Crippen LogP contribution is -1.96. The van der Waals surface area contributed by atoms with Gasteiger partial charge >= 0.3 is 0 Å². The SMILES string of the molecule is NCc1ccc([N+](=O)[O-])c(N=C=O)c1. The summed E-state index contributed by atoms with van der Waals surface area (Å²) in [5.74, 6) is 0. The second kappa shape index (κ2) is 4.27. The number of nitro benzene ring substituents is 1. The number of nitrogens with zero attached hydrogens (tertiary/aromatic N) is 2. The lowest BCUT2D eigenvalue weighted by atomic mass is 10.2. The van der Waals surface area contributed by atoms with Gasteiger partial charge in [-0.3, -0.25) is 10.1 Å². The first-order valence-electron chi connectivity index (χ1n) is 3.74. The number of hydrogen-bond donors (Lipinski definition) is 1. The molecule has 0 heterocycles. The van der Waals surface area contributed by atoms with Gasteiger partial charge in [0.2, 0.25) is 6.08 Å². The van der Waals surface area contributed by atoms with Crippen LogP contribution in [0.25, 0.3) is 0 Å². The average Bonchev–Trinajstić information content (AvgIpc) is 2.17. The molecule has 0 radical (unpaired) electrons. The number of aliphatic imine (C=N–C) groups is 1. The van der Waals surface area contributed by atoms with Crippen molar-refractivity contribution in [2.45, 2.75) is 6.54 Å². The minimum Gasteiger partial charge on any atom is -0.326 e. The zero-order chi connectivity index (χ0) is 10.6. The molecule has 72 valence electrons. The number of nitro groups is 1. The minimum absolute atomic E-state index is 0.0204. The molecule has 0 aliphatic carbocycles. The summed E-state index contributed by atoms with van der Waals surface area (Å²) in [4.78, 5) is 23.1. The molecule has 0 atom stereocenters. The Morgan fingerprint density at radius 1 is 1.57 bits per heavy atom. The molecule has 0 bridgehead atoms. The number of carbonyl (C=O) groups excluding carboxylic acids is 1. The van der Waals surface area contributed by atoms with Gasteiger partial charge in [0.1, 0.15) is 0 Å². The van der Waals surface area contributed by atoms with Crippen LogP contribution in [0.5, 0.6) is 0 Å². The zero-order valence-electron chi connectivity index (χ0n) is 7.14.